The van der Waals surface area contributed by atoms with Crippen molar-refractivity contribution in [2.45, 2.75) is 12.8 Å². The van der Waals surface area contributed by atoms with Gasteiger partial charge in [0.1, 0.15) is 0 Å². The minimum atomic E-state index is 0. The highest BCUT2D eigenvalue weighted by atomic mass is 35.5. The number of carbonyl (C=O) groups excluding carboxylic acids is 1. The molecule has 0 aromatic carbocycles. The summed E-state index contributed by atoms with van der Waals surface area (Å²) in [5, 5.41) is 3.40. The van der Waals surface area contributed by atoms with Gasteiger partial charge in [-0.25, -0.2) is 0 Å². The summed E-state index contributed by atoms with van der Waals surface area (Å²) in [5.41, 5.74) is 0. The molecule has 1 N–H and O–H groups in total. The van der Waals surface area contributed by atoms with Crippen LogP contribution < -0.4 is 5.32 Å². The lowest BCUT2D eigenvalue weighted by Crippen LogP contribution is -2.43. The maximum atomic E-state index is 11.8. The van der Waals surface area contributed by atoms with Gasteiger partial charge < -0.3 is 15.0 Å². The van der Waals surface area contributed by atoms with Crippen LogP contribution in [0.5, 0.6) is 0 Å². The van der Waals surface area contributed by atoms with E-state index < -0.39 is 0 Å². The van der Waals surface area contributed by atoms with Gasteiger partial charge in [0.15, 0.2) is 0 Å². The average molecular weight is 249 g/mol. The number of amides is 1. The fourth-order valence-electron chi connectivity index (χ4n) is 2.61. The molecule has 94 valence electrons. The van der Waals surface area contributed by atoms with E-state index in [9.17, 15) is 4.79 Å². The van der Waals surface area contributed by atoms with Crippen LogP contribution in [0.1, 0.15) is 12.8 Å². The smallest absolute Gasteiger partial charge is 0.224 e. The first-order chi connectivity index (χ1) is 7.31. The van der Waals surface area contributed by atoms with Crippen molar-refractivity contribution in [3.05, 3.63) is 0 Å². The summed E-state index contributed by atoms with van der Waals surface area (Å²) in [5.74, 6) is 1.74. The van der Waals surface area contributed by atoms with E-state index in [1.807, 2.05) is 4.90 Å². The Bertz CT molecular complexity index is 238. The van der Waals surface area contributed by atoms with E-state index >= 15 is 0 Å². The lowest BCUT2D eigenvalue weighted by Gasteiger charge is -2.34. The van der Waals surface area contributed by atoms with Crippen molar-refractivity contribution in [3.8, 4) is 0 Å². The van der Waals surface area contributed by atoms with Gasteiger partial charge in [0, 0.05) is 20.2 Å². The van der Waals surface area contributed by atoms with E-state index in [4.69, 9.17) is 4.74 Å². The summed E-state index contributed by atoms with van der Waals surface area (Å²) in [4.78, 5) is 13.8. The van der Waals surface area contributed by atoms with Gasteiger partial charge >= 0.3 is 0 Å². The number of fused-ring (bicyclic) bond motifs is 1. The first kappa shape index (κ1) is 13.7. The number of carbonyl (C=O) groups is 1. The highest BCUT2D eigenvalue weighted by Gasteiger charge is 2.34. The molecule has 0 aliphatic carbocycles. The molecule has 1 amide bonds. The van der Waals surface area contributed by atoms with Crippen LogP contribution in [0.15, 0.2) is 0 Å². The second-order valence-electron chi connectivity index (χ2n) is 4.55. The maximum Gasteiger partial charge on any atom is 0.224 e. The van der Waals surface area contributed by atoms with Crippen molar-refractivity contribution in [3.63, 3.8) is 0 Å². The molecule has 2 rings (SSSR count). The average Bonchev–Trinajstić information content (AvgIpc) is 2.72. The second kappa shape index (κ2) is 6.42. The number of piperidine rings is 1. The normalized spacial score (nSPS) is 28.4. The van der Waals surface area contributed by atoms with Crippen molar-refractivity contribution in [2.24, 2.45) is 11.8 Å². The molecule has 0 bridgehead atoms. The largest absolute Gasteiger partial charge is 0.384 e. The standard InChI is InChI=1S/C11H20N2O2.ClH/c1-15-5-3-11(14)13-4-2-9-6-12-7-10(9)8-13;/h9-10,12H,2-8H2,1H3;1H. The number of rotatable bonds is 3. The molecule has 5 heteroatoms. The highest BCUT2D eigenvalue weighted by molar-refractivity contribution is 5.85. The van der Waals surface area contributed by atoms with E-state index in [2.05, 4.69) is 5.32 Å². The predicted molar refractivity (Wildman–Crippen MR) is 64.8 cm³/mol. The van der Waals surface area contributed by atoms with E-state index in [0.717, 1.165) is 38.5 Å². The number of hydrogen-bond acceptors (Lipinski definition) is 3. The number of halogens is 1. The second-order valence-corrected chi connectivity index (χ2v) is 4.55. The minimum absolute atomic E-state index is 0. The molecule has 0 aromatic rings. The van der Waals surface area contributed by atoms with Gasteiger partial charge in [-0.3, -0.25) is 4.79 Å². The Morgan fingerprint density at radius 3 is 2.94 bits per heavy atom. The monoisotopic (exact) mass is 248 g/mol. The molecule has 2 aliphatic rings. The molecule has 2 aliphatic heterocycles. The van der Waals surface area contributed by atoms with Gasteiger partial charge in [0.25, 0.3) is 0 Å². The number of nitrogens with one attached hydrogen (secondary N) is 1. The zero-order valence-corrected chi connectivity index (χ0v) is 10.6. The van der Waals surface area contributed by atoms with Crippen molar-refractivity contribution < 1.29 is 9.53 Å². The molecular weight excluding hydrogens is 228 g/mol. The lowest BCUT2D eigenvalue weighted by molar-refractivity contribution is -0.134. The molecule has 0 spiro atoms. The number of nitrogens with zero attached hydrogens (tertiary/aromatic N) is 1. The maximum absolute atomic E-state index is 11.8. The fraction of sp³-hybridized carbons (Fsp3) is 0.909. The van der Waals surface area contributed by atoms with E-state index in [-0.39, 0.29) is 18.3 Å². The van der Waals surface area contributed by atoms with Crippen LogP contribution in [0.3, 0.4) is 0 Å². The van der Waals surface area contributed by atoms with Crippen LogP contribution >= 0.6 is 12.4 Å². The van der Waals surface area contributed by atoms with Crippen LogP contribution in [0.4, 0.5) is 0 Å². The zero-order chi connectivity index (χ0) is 10.7. The van der Waals surface area contributed by atoms with Crippen molar-refractivity contribution >= 4 is 18.3 Å². The molecular formula is C11H21ClN2O2. The predicted octanol–water partition coefficient (Wildman–Crippen LogP) is 0.513. The Morgan fingerprint density at radius 2 is 2.19 bits per heavy atom. The highest BCUT2D eigenvalue weighted by Crippen LogP contribution is 2.26. The van der Waals surface area contributed by atoms with Gasteiger partial charge in [-0.15, -0.1) is 12.4 Å². The van der Waals surface area contributed by atoms with Crippen molar-refractivity contribution in [2.75, 3.05) is 39.9 Å². The molecule has 2 fully saturated rings. The third-order valence-electron chi connectivity index (χ3n) is 3.58. The summed E-state index contributed by atoms with van der Waals surface area (Å²) in [6, 6.07) is 0. The fourth-order valence-corrected chi connectivity index (χ4v) is 2.61. The number of ether oxygens (including phenoxy) is 1. The third kappa shape index (κ3) is 3.09. The molecule has 4 nitrogen and oxygen atoms in total. The first-order valence-corrected chi connectivity index (χ1v) is 5.78. The Morgan fingerprint density at radius 1 is 1.44 bits per heavy atom. The number of methoxy groups -OCH3 is 1. The zero-order valence-electron chi connectivity index (χ0n) is 9.78. The van der Waals surface area contributed by atoms with E-state index in [1.54, 1.807) is 7.11 Å². The number of hydrogen-bond donors (Lipinski definition) is 1. The first-order valence-electron chi connectivity index (χ1n) is 5.78. The summed E-state index contributed by atoms with van der Waals surface area (Å²) < 4.78 is 4.93. The minimum Gasteiger partial charge on any atom is -0.384 e. The van der Waals surface area contributed by atoms with Gasteiger partial charge in [0.05, 0.1) is 13.0 Å². The summed E-state index contributed by atoms with van der Waals surface area (Å²) in [6.07, 6.45) is 1.69. The Kier molecular flexibility index (Phi) is 5.52. The van der Waals surface area contributed by atoms with Gasteiger partial charge in [0.2, 0.25) is 5.91 Å². The molecule has 2 unspecified atom stereocenters. The van der Waals surface area contributed by atoms with Crippen LogP contribution in [0.25, 0.3) is 0 Å². The summed E-state index contributed by atoms with van der Waals surface area (Å²) in [7, 11) is 1.64. The SMILES string of the molecule is COCCC(=O)N1CCC2CNCC2C1.Cl. The summed E-state index contributed by atoms with van der Waals surface area (Å²) in [6.45, 7) is 4.65. The van der Waals surface area contributed by atoms with Crippen LogP contribution in [-0.2, 0) is 9.53 Å². The van der Waals surface area contributed by atoms with Crippen molar-refractivity contribution in [1.82, 2.24) is 10.2 Å². The van der Waals surface area contributed by atoms with Crippen LogP contribution in [0.2, 0.25) is 0 Å². The molecule has 16 heavy (non-hydrogen) atoms. The molecule has 0 aromatic heterocycles. The van der Waals surface area contributed by atoms with Crippen LogP contribution in [0, 0.1) is 11.8 Å². The Labute approximate surface area is 103 Å². The molecule has 0 radical (unpaired) electrons. The van der Waals surface area contributed by atoms with E-state index in [0.29, 0.717) is 18.9 Å². The van der Waals surface area contributed by atoms with Gasteiger partial charge in [-0.2, -0.15) is 0 Å². The van der Waals surface area contributed by atoms with Gasteiger partial charge in [-0.1, -0.05) is 0 Å². The molecule has 2 atom stereocenters. The lowest BCUT2D eigenvalue weighted by atomic mass is 9.88. The van der Waals surface area contributed by atoms with Gasteiger partial charge in [-0.05, 0) is 31.3 Å². The van der Waals surface area contributed by atoms with E-state index in [1.165, 1.54) is 0 Å². The number of likely N-dealkylation sites (tertiary alicyclic amines) is 1. The molecule has 0 saturated carbocycles. The Balaban J connectivity index is 0.00000128. The topological polar surface area (TPSA) is 41.6 Å². The third-order valence-corrected chi connectivity index (χ3v) is 3.58. The summed E-state index contributed by atoms with van der Waals surface area (Å²) >= 11 is 0. The molecule has 2 heterocycles. The molecule has 2 saturated heterocycles. The van der Waals surface area contributed by atoms with Crippen molar-refractivity contribution in [1.29, 1.82) is 0 Å². The van der Waals surface area contributed by atoms with Crippen LogP contribution in [-0.4, -0.2) is 50.7 Å². The Hall–Kier alpha value is -0.320. The quantitative estimate of drug-likeness (QED) is 0.792.